The van der Waals surface area contributed by atoms with E-state index in [-0.39, 0.29) is 24.4 Å². The number of halogens is 2. The minimum atomic E-state index is 0. The molecule has 1 N–H and O–H groups in total. The van der Waals surface area contributed by atoms with Gasteiger partial charge in [0.2, 0.25) is 0 Å². The highest BCUT2D eigenvalue weighted by atomic mass is 35.5. The van der Waals surface area contributed by atoms with Crippen LogP contribution in [0.1, 0.15) is 17.3 Å². The molecule has 1 fully saturated rings. The Labute approximate surface area is 140 Å². The number of hydrogen-bond acceptors (Lipinski definition) is 3. The molecule has 22 heavy (non-hydrogen) atoms. The summed E-state index contributed by atoms with van der Waals surface area (Å²) >= 11 is 5.88. The minimum absolute atomic E-state index is 0. The number of rotatable bonds is 2. The molecule has 5 nitrogen and oxygen atoms in total. The van der Waals surface area contributed by atoms with Crippen molar-refractivity contribution < 1.29 is 4.79 Å². The molecule has 1 aliphatic heterocycles. The number of aromatic nitrogens is 2. The molecule has 118 valence electrons. The predicted octanol–water partition coefficient (Wildman–Crippen LogP) is 2.38. The summed E-state index contributed by atoms with van der Waals surface area (Å²) in [5.41, 5.74) is 1.49. The lowest BCUT2D eigenvalue weighted by atomic mass is 10.2. The first-order chi connectivity index (χ1) is 10.1. The summed E-state index contributed by atoms with van der Waals surface area (Å²) in [5.74, 6) is 0.0317. The summed E-state index contributed by atoms with van der Waals surface area (Å²) in [5, 5.41) is 8.23. The van der Waals surface area contributed by atoms with Crippen molar-refractivity contribution in [3.05, 3.63) is 47.2 Å². The average Bonchev–Trinajstić information content (AvgIpc) is 2.98. The Balaban J connectivity index is 0.00000176. The van der Waals surface area contributed by atoms with E-state index in [1.54, 1.807) is 29.2 Å². The van der Waals surface area contributed by atoms with Crippen molar-refractivity contribution in [1.29, 1.82) is 0 Å². The summed E-state index contributed by atoms with van der Waals surface area (Å²) in [6, 6.07) is 7.55. The molecule has 7 heteroatoms. The lowest BCUT2D eigenvalue weighted by Gasteiger charge is -2.33. The molecule has 1 saturated heterocycles. The number of piperazine rings is 1. The highest BCUT2D eigenvalue weighted by Crippen LogP contribution is 2.15. The van der Waals surface area contributed by atoms with Gasteiger partial charge in [-0.3, -0.25) is 4.79 Å². The van der Waals surface area contributed by atoms with Crippen LogP contribution in [0.4, 0.5) is 0 Å². The van der Waals surface area contributed by atoms with Crippen molar-refractivity contribution in [3.63, 3.8) is 0 Å². The molecule has 1 amide bonds. The highest BCUT2D eigenvalue weighted by molar-refractivity contribution is 6.30. The summed E-state index contributed by atoms with van der Waals surface area (Å²) in [7, 11) is 0. The maximum absolute atomic E-state index is 12.5. The molecule has 0 spiro atoms. The van der Waals surface area contributed by atoms with E-state index in [2.05, 4.69) is 10.4 Å². The lowest BCUT2D eigenvalue weighted by Crippen LogP contribution is -2.52. The van der Waals surface area contributed by atoms with Crippen molar-refractivity contribution in [2.24, 2.45) is 0 Å². The lowest BCUT2D eigenvalue weighted by molar-refractivity contribution is 0.0656. The maximum Gasteiger partial charge on any atom is 0.257 e. The average molecular weight is 341 g/mol. The Morgan fingerprint density at radius 1 is 1.36 bits per heavy atom. The fourth-order valence-electron chi connectivity index (χ4n) is 2.48. The molecule has 1 aromatic heterocycles. The summed E-state index contributed by atoms with van der Waals surface area (Å²) in [4.78, 5) is 14.4. The molecular formula is C15H18Cl2N4O. The van der Waals surface area contributed by atoms with Crippen molar-refractivity contribution in [2.45, 2.75) is 13.0 Å². The minimum Gasteiger partial charge on any atom is -0.333 e. The van der Waals surface area contributed by atoms with Crippen LogP contribution in [0.2, 0.25) is 5.02 Å². The van der Waals surface area contributed by atoms with Gasteiger partial charge in [0.05, 0.1) is 17.4 Å². The third kappa shape index (κ3) is 3.43. The van der Waals surface area contributed by atoms with E-state index < -0.39 is 0 Å². The molecule has 1 atom stereocenters. The first-order valence-electron chi connectivity index (χ1n) is 6.97. The first kappa shape index (κ1) is 16.8. The van der Waals surface area contributed by atoms with Crippen molar-refractivity contribution in [2.75, 3.05) is 19.6 Å². The van der Waals surface area contributed by atoms with E-state index in [0.29, 0.717) is 10.6 Å². The Morgan fingerprint density at radius 3 is 2.77 bits per heavy atom. The fourth-order valence-corrected chi connectivity index (χ4v) is 2.60. The van der Waals surface area contributed by atoms with Gasteiger partial charge >= 0.3 is 0 Å². The van der Waals surface area contributed by atoms with Crippen LogP contribution in [0.3, 0.4) is 0 Å². The molecule has 0 unspecified atom stereocenters. The van der Waals surface area contributed by atoms with Crippen LogP contribution in [-0.2, 0) is 0 Å². The van der Waals surface area contributed by atoms with Crippen LogP contribution in [0.25, 0.3) is 5.69 Å². The van der Waals surface area contributed by atoms with Crippen LogP contribution in [-0.4, -0.2) is 46.3 Å². The predicted molar refractivity (Wildman–Crippen MR) is 89.2 cm³/mol. The molecule has 1 aromatic carbocycles. The highest BCUT2D eigenvalue weighted by Gasteiger charge is 2.24. The molecule has 0 saturated carbocycles. The van der Waals surface area contributed by atoms with Gasteiger partial charge in [-0.1, -0.05) is 11.6 Å². The summed E-state index contributed by atoms with van der Waals surface area (Å²) in [6.45, 7) is 4.44. The summed E-state index contributed by atoms with van der Waals surface area (Å²) in [6.07, 6.45) is 3.38. The third-order valence-electron chi connectivity index (χ3n) is 3.68. The third-order valence-corrected chi connectivity index (χ3v) is 3.93. The van der Waals surface area contributed by atoms with Crippen LogP contribution in [0, 0.1) is 0 Å². The molecule has 0 radical (unpaired) electrons. The largest absolute Gasteiger partial charge is 0.333 e. The first-order valence-corrected chi connectivity index (χ1v) is 7.35. The van der Waals surface area contributed by atoms with E-state index in [1.165, 1.54) is 0 Å². The number of carbonyl (C=O) groups is 1. The number of carbonyl (C=O) groups excluding carboxylic acids is 1. The van der Waals surface area contributed by atoms with E-state index in [0.717, 1.165) is 25.3 Å². The second kappa shape index (κ2) is 7.13. The molecule has 0 aliphatic carbocycles. The zero-order chi connectivity index (χ0) is 14.8. The van der Waals surface area contributed by atoms with E-state index in [4.69, 9.17) is 11.6 Å². The second-order valence-electron chi connectivity index (χ2n) is 5.20. The van der Waals surface area contributed by atoms with E-state index in [1.807, 2.05) is 24.0 Å². The zero-order valence-electron chi connectivity index (χ0n) is 12.2. The standard InChI is InChI=1S/C15H17ClN4O.ClH/c1-11-8-17-6-7-19(11)15(21)12-9-18-20(10-12)14-4-2-13(16)3-5-14;/h2-5,9-11,17H,6-8H2,1H3;1H/t11-;/m1./s1. The normalized spacial score (nSPS) is 17.9. The van der Waals surface area contributed by atoms with Gasteiger partial charge in [-0.2, -0.15) is 5.10 Å². The molecule has 1 aliphatic rings. The number of nitrogens with zero attached hydrogens (tertiary/aromatic N) is 3. The van der Waals surface area contributed by atoms with Gasteiger partial charge in [0.15, 0.2) is 0 Å². The van der Waals surface area contributed by atoms with Gasteiger partial charge in [0, 0.05) is 36.9 Å². The molecule has 2 heterocycles. The molecule has 2 aromatic rings. The molecular weight excluding hydrogens is 323 g/mol. The zero-order valence-corrected chi connectivity index (χ0v) is 13.8. The summed E-state index contributed by atoms with van der Waals surface area (Å²) < 4.78 is 1.69. The van der Waals surface area contributed by atoms with Crippen molar-refractivity contribution in [1.82, 2.24) is 20.0 Å². The number of nitrogens with one attached hydrogen (secondary N) is 1. The smallest absolute Gasteiger partial charge is 0.257 e. The van der Waals surface area contributed by atoms with Gasteiger partial charge < -0.3 is 10.2 Å². The van der Waals surface area contributed by atoms with E-state index >= 15 is 0 Å². The van der Waals surface area contributed by atoms with Crippen molar-refractivity contribution >= 4 is 29.9 Å². The van der Waals surface area contributed by atoms with Crippen LogP contribution < -0.4 is 5.32 Å². The van der Waals surface area contributed by atoms with Crippen molar-refractivity contribution in [3.8, 4) is 5.69 Å². The Morgan fingerprint density at radius 2 is 2.09 bits per heavy atom. The second-order valence-corrected chi connectivity index (χ2v) is 5.64. The van der Waals surface area contributed by atoms with Gasteiger partial charge in [0.1, 0.15) is 0 Å². The van der Waals surface area contributed by atoms with Gasteiger partial charge in [0.25, 0.3) is 5.91 Å². The van der Waals surface area contributed by atoms with Crippen LogP contribution in [0.5, 0.6) is 0 Å². The Bertz CT molecular complexity index is 641. The molecule has 3 rings (SSSR count). The Hall–Kier alpha value is -1.56. The maximum atomic E-state index is 12.5. The number of benzene rings is 1. The topological polar surface area (TPSA) is 50.2 Å². The van der Waals surface area contributed by atoms with Crippen LogP contribution in [0.15, 0.2) is 36.7 Å². The monoisotopic (exact) mass is 340 g/mol. The van der Waals surface area contributed by atoms with Gasteiger partial charge in [-0.05, 0) is 31.2 Å². The number of amides is 1. The number of hydrogen-bond donors (Lipinski definition) is 1. The van der Waals surface area contributed by atoms with E-state index in [9.17, 15) is 4.79 Å². The van der Waals surface area contributed by atoms with Gasteiger partial charge in [-0.15, -0.1) is 12.4 Å². The van der Waals surface area contributed by atoms with Crippen LogP contribution >= 0.6 is 24.0 Å². The van der Waals surface area contributed by atoms with Gasteiger partial charge in [-0.25, -0.2) is 4.68 Å². The molecule has 0 bridgehead atoms. The quantitative estimate of drug-likeness (QED) is 0.913. The SMILES string of the molecule is C[C@@H]1CNCCN1C(=O)c1cnn(-c2ccc(Cl)cc2)c1.Cl. The fraction of sp³-hybridized carbons (Fsp3) is 0.333. The Kier molecular flexibility index (Phi) is 5.45.